The molecule has 1 fully saturated rings. The first-order chi connectivity index (χ1) is 8.11. The van der Waals surface area contributed by atoms with Crippen molar-refractivity contribution in [3.63, 3.8) is 0 Å². The van der Waals surface area contributed by atoms with E-state index in [1.165, 1.54) is 32.5 Å². The first kappa shape index (κ1) is 14.9. The van der Waals surface area contributed by atoms with Crippen molar-refractivity contribution in [2.75, 3.05) is 32.8 Å². The third-order valence-electron chi connectivity index (χ3n) is 3.59. The molecule has 0 aliphatic carbocycles. The van der Waals surface area contributed by atoms with E-state index in [1.54, 1.807) is 0 Å². The molecule has 102 valence electrons. The lowest BCUT2D eigenvalue weighted by molar-refractivity contribution is 0.176. The summed E-state index contributed by atoms with van der Waals surface area (Å²) >= 11 is 0. The molecular weight excluding hydrogens is 212 g/mol. The highest BCUT2D eigenvalue weighted by Gasteiger charge is 2.19. The van der Waals surface area contributed by atoms with Gasteiger partial charge in [0.1, 0.15) is 0 Å². The molecule has 0 aromatic rings. The van der Waals surface area contributed by atoms with Crippen LogP contribution in [0, 0.1) is 11.8 Å². The molecule has 17 heavy (non-hydrogen) atoms. The Bertz CT molecular complexity index is 189. The van der Waals surface area contributed by atoms with Crippen molar-refractivity contribution in [1.29, 1.82) is 0 Å². The Labute approximate surface area is 107 Å². The molecule has 1 saturated heterocycles. The second kappa shape index (κ2) is 8.06. The number of aliphatic hydroxyl groups is 1. The minimum Gasteiger partial charge on any atom is -0.396 e. The van der Waals surface area contributed by atoms with E-state index >= 15 is 0 Å². The van der Waals surface area contributed by atoms with Gasteiger partial charge < -0.3 is 15.3 Å². The minimum atomic E-state index is 0.315. The van der Waals surface area contributed by atoms with Crippen LogP contribution in [-0.4, -0.2) is 48.8 Å². The van der Waals surface area contributed by atoms with Gasteiger partial charge in [0.2, 0.25) is 0 Å². The van der Waals surface area contributed by atoms with E-state index in [0.29, 0.717) is 18.6 Å². The van der Waals surface area contributed by atoms with Crippen LogP contribution in [0.3, 0.4) is 0 Å². The van der Waals surface area contributed by atoms with Crippen molar-refractivity contribution in [3.05, 3.63) is 0 Å². The predicted octanol–water partition coefficient (Wildman–Crippen LogP) is 1.71. The van der Waals surface area contributed by atoms with Crippen LogP contribution in [-0.2, 0) is 0 Å². The zero-order valence-corrected chi connectivity index (χ0v) is 11.8. The molecule has 0 unspecified atom stereocenters. The number of likely N-dealkylation sites (tertiary alicyclic amines) is 1. The summed E-state index contributed by atoms with van der Waals surface area (Å²) in [6.07, 6.45) is 3.47. The Morgan fingerprint density at radius 2 is 1.88 bits per heavy atom. The van der Waals surface area contributed by atoms with Gasteiger partial charge in [-0.3, -0.25) is 0 Å². The van der Waals surface area contributed by atoms with Gasteiger partial charge in [-0.2, -0.15) is 0 Å². The number of nitrogens with zero attached hydrogens (tertiary/aromatic N) is 1. The van der Waals surface area contributed by atoms with Crippen molar-refractivity contribution in [2.24, 2.45) is 11.8 Å². The topological polar surface area (TPSA) is 35.5 Å². The Balaban J connectivity index is 2.10. The molecule has 0 saturated carbocycles. The molecule has 1 aliphatic heterocycles. The number of nitrogens with one attached hydrogen (secondary N) is 1. The van der Waals surface area contributed by atoms with Crippen LogP contribution in [0.1, 0.15) is 40.0 Å². The van der Waals surface area contributed by atoms with Crippen LogP contribution in [0.4, 0.5) is 0 Å². The van der Waals surface area contributed by atoms with Gasteiger partial charge in [-0.25, -0.2) is 0 Å². The third-order valence-corrected chi connectivity index (χ3v) is 3.59. The molecule has 1 heterocycles. The molecule has 2 N–H and O–H groups in total. The maximum Gasteiger partial charge on any atom is 0.0434 e. The largest absolute Gasteiger partial charge is 0.396 e. The fourth-order valence-electron chi connectivity index (χ4n) is 2.53. The summed E-state index contributed by atoms with van der Waals surface area (Å²) in [5.74, 6) is 1.37. The highest BCUT2D eigenvalue weighted by Crippen LogP contribution is 2.12. The Hall–Kier alpha value is -0.120. The SMILES string of the molecule is CC(C)CN1CCC(NC[C@@H](C)CCO)CC1. The van der Waals surface area contributed by atoms with Crippen molar-refractivity contribution >= 4 is 0 Å². The van der Waals surface area contributed by atoms with E-state index in [2.05, 4.69) is 31.0 Å². The molecule has 3 nitrogen and oxygen atoms in total. The van der Waals surface area contributed by atoms with Gasteiger partial charge in [-0.05, 0) is 50.7 Å². The van der Waals surface area contributed by atoms with Crippen LogP contribution in [0.5, 0.6) is 0 Å². The van der Waals surface area contributed by atoms with Gasteiger partial charge in [-0.1, -0.05) is 20.8 Å². The number of rotatable bonds is 7. The molecular formula is C14H30N2O. The van der Waals surface area contributed by atoms with Crippen molar-refractivity contribution in [3.8, 4) is 0 Å². The van der Waals surface area contributed by atoms with Gasteiger partial charge in [0.15, 0.2) is 0 Å². The molecule has 1 rings (SSSR count). The van der Waals surface area contributed by atoms with E-state index in [1.807, 2.05) is 0 Å². The van der Waals surface area contributed by atoms with Crippen LogP contribution < -0.4 is 5.32 Å². The molecule has 0 amide bonds. The third kappa shape index (κ3) is 6.39. The highest BCUT2D eigenvalue weighted by atomic mass is 16.3. The lowest BCUT2D eigenvalue weighted by Crippen LogP contribution is -2.44. The van der Waals surface area contributed by atoms with Crippen molar-refractivity contribution in [2.45, 2.75) is 46.1 Å². The van der Waals surface area contributed by atoms with Crippen LogP contribution >= 0.6 is 0 Å². The van der Waals surface area contributed by atoms with Gasteiger partial charge in [0.05, 0.1) is 0 Å². The van der Waals surface area contributed by atoms with Gasteiger partial charge in [-0.15, -0.1) is 0 Å². The van der Waals surface area contributed by atoms with E-state index in [4.69, 9.17) is 5.11 Å². The van der Waals surface area contributed by atoms with Gasteiger partial charge in [0, 0.05) is 19.2 Å². The van der Waals surface area contributed by atoms with E-state index in [9.17, 15) is 0 Å². The number of hydrogen-bond donors (Lipinski definition) is 2. The van der Waals surface area contributed by atoms with E-state index < -0.39 is 0 Å². The summed E-state index contributed by atoms with van der Waals surface area (Å²) in [4.78, 5) is 2.58. The van der Waals surface area contributed by atoms with Crippen molar-refractivity contribution in [1.82, 2.24) is 10.2 Å². The molecule has 1 atom stereocenters. The molecule has 0 aromatic heterocycles. The fraction of sp³-hybridized carbons (Fsp3) is 1.00. The second-order valence-electron chi connectivity index (χ2n) is 5.99. The average molecular weight is 242 g/mol. The molecule has 3 heteroatoms. The molecule has 0 radical (unpaired) electrons. The Kier molecular flexibility index (Phi) is 7.09. The summed E-state index contributed by atoms with van der Waals surface area (Å²) in [5.41, 5.74) is 0. The lowest BCUT2D eigenvalue weighted by Gasteiger charge is -2.33. The predicted molar refractivity (Wildman–Crippen MR) is 73.2 cm³/mol. The zero-order chi connectivity index (χ0) is 12.7. The van der Waals surface area contributed by atoms with Crippen LogP contribution in [0.15, 0.2) is 0 Å². The van der Waals surface area contributed by atoms with Crippen molar-refractivity contribution < 1.29 is 5.11 Å². The Morgan fingerprint density at radius 3 is 2.41 bits per heavy atom. The smallest absolute Gasteiger partial charge is 0.0434 e. The van der Waals surface area contributed by atoms with Gasteiger partial charge >= 0.3 is 0 Å². The highest BCUT2D eigenvalue weighted by molar-refractivity contribution is 4.78. The number of piperidine rings is 1. The second-order valence-corrected chi connectivity index (χ2v) is 5.99. The monoisotopic (exact) mass is 242 g/mol. The fourth-order valence-corrected chi connectivity index (χ4v) is 2.53. The normalized spacial score (nSPS) is 21.0. The number of hydrogen-bond acceptors (Lipinski definition) is 3. The summed E-state index contributed by atoms with van der Waals surface area (Å²) in [5, 5.41) is 12.5. The standard InChI is InChI=1S/C14H30N2O/c1-12(2)11-16-7-4-14(5-8-16)15-10-13(3)6-9-17/h12-15,17H,4-11H2,1-3H3/t13-/m0/s1. The van der Waals surface area contributed by atoms with Crippen LogP contribution in [0.2, 0.25) is 0 Å². The molecule has 1 aliphatic rings. The Morgan fingerprint density at radius 1 is 1.24 bits per heavy atom. The van der Waals surface area contributed by atoms with Crippen LogP contribution in [0.25, 0.3) is 0 Å². The maximum atomic E-state index is 8.86. The first-order valence-electron chi connectivity index (χ1n) is 7.18. The summed E-state index contributed by atoms with van der Waals surface area (Å²) in [7, 11) is 0. The summed E-state index contributed by atoms with van der Waals surface area (Å²) in [6, 6.07) is 0.694. The summed E-state index contributed by atoms with van der Waals surface area (Å²) < 4.78 is 0. The van der Waals surface area contributed by atoms with Gasteiger partial charge in [0.25, 0.3) is 0 Å². The molecule has 0 spiro atoms. The minimum absolute atomic E-state index is 0.315. The zero-order valence-electron chi connectivity index (χ0n) is 11.8. The molecule has 0 bridgehead atoms. The summed E-state index contributed by atoms with van der Waals surface area (Å²) in [6.45, 7) is 11.9. The first-order valence-corrected chi connectivity index (χ1v) is 7.18. The van der Waals surface area contributed by atoms with E-state index in [-0.39, 0.29) is 0 Å². The van der Waals surface area contributed by atoms with E-state index in [0.717, 1.165) is 18.9 Å². The quantitative estimate of drug-likeness (QED) is 0.713. The number of aliphatic hydroxyl groups excluding tert-OH is 1. The maximum absolute atomic E-state index is 8.86. The average Bonchev–Trinajstić information content (AvgIpc) is 2.28. The lowest BCUT2D eigenvalue weighted by atomic mass is 10.0. The molecule has 0 aromatic carbocycles.